The Morgan fingerprint density at radius 1 is 1.11 bits per heavy atom. The Morgan fingerprint density at radius 3 is 2.57 bits per heavy atom. The molecule has 150 valence electrons. The van der Waals surface area contributed by atoms with Gasteiger partial charge in [0.15, 0.2) is 11.5 Å². The zero-order valence-corrected chi connectivity index (χ0v) is 16.3. The third kappa shape index (κ3) is 5.15. The van der Waals surface area contributed by atoms with Gasteiger partial charge in [-0.2, -0.15) is 0 Å². The molecular weight excluding hydrogens is 361 g/mol. The maximum absolute atomic E-state index is 13.0. The van der Waals surface area contributed by atoms with Gasteiger partial charge in [0.2, 0.25) is 5.91 Å². The maximum atomic E-state index is 13.0. The van der Waals surface area contributed by atoms with Crippen molar-refractivity contribution in [3.8, 4) is 17.2 Å². The van der Waals surface area contributed by atoms with E-state index in [4.69, 9.17) is 14.2 Å². The van der Waals surface area contributed by atoms with E-state index in [0.717, 1.165) is 24.9 Å². The van der Waals surface area contributed by atoms with Crippen LogP contribution in [0.1, 0.15) is 18.4 Å². The Bertz CT molecular complexity index is 794. The highest BCUT2D eigenvalue weighted by Crippen LogP contribution is 2.28. The molecule has 0 saturated carbocycles. The maximum Gasteiger partial charge on any atom is 0.227 e. The monoisotopic (exact) mass is 387 g/mol. The smallest absolute Gasteiger partial charge is 0.227 e. The van der Waals surface area contributed by atoms with E-state index in [1.165, 1.54) is 12.1 Å². The van der Waals surface area contributed by atoms with Crippen LogP contribution in [-0.4, -0.2) is 44.7 Å². The predicted octanol–water partition coefficient (Wildman–Crippen LogP) is 3.70. The van der Waals surface area contributed by atoms with Crippen molar-refractivity contribution in [2.24, 2.45) is 5.92 Å². The number of benzene rings is 2. The Morgan fingerprint density at radius 2 is 1.86 bits per heavy atom. The van der Waals surface area contributed by atoms with Crippen molar-refractivity contribution >= 4 is 5.91 Å². The minimum absolute atomic E-state index is 0.0960. The molecule has 0 aromatic heterocycles. The number of hydrogen-bond acceptors (Lipinski definition) is 4. The van der Waals surface area contributed by atoms with Crippen molar-refractivity contribution in [3.63, 3.8) is 0 Å². The Kier molecular flexibility index (Phi) is 6.74. The van der Waals surface area contributed by atoms with Crippen LogP contribution in [0.25, 0.3) is 0 Å². The van der Waals surface area contributed by atoms with Crippen LogP contribution in [0.5, 0.6) is 17.2 Å². The fourth-order valence-corrected chi connectivity index (χ4v) is 3.45. The van der Waals surface area contributed by atoms with Crippen LogP contribution in [0.4, 0.5) is 4.39 Å². The molecule has 1 atom stereocenters. The van der Waals surface area contributed by atoms with Gasteiger partial charge in [-0.15, -0.1) is 0 Å². The summed E-state index contributed by atoms with van der Waals surface area (Å²) >= 11 is 0. The molecular formula is C22H26FNO4. The van der Waals surface area contributed by atoms with Gasteiger partial charge in [0.25, 0.3) is 0 Å². The summed E-state index contributed by atoms with van der Waals surface area (Å²) in [7, 11) is 3.17. The van der Waals surface area contributed by atoms with Gasteiger partial charge in [-0.25, -0.2) is 4.39 Å². The normalized spacial score (nSPS) is 16.5. The first-order valence-corrected chi connectivity index (χ1v) is 9.46. The molecule has 0 aliphatic carbocycles. The molecule has 1 aliphatic heterocycles. The van der Waals surface area contributed by atoms with Crippen LogP contribution >= 0.6 is 0 Å². The minimum atomic E-state index is -0.281. The summed E-state index contributed by atoms with van der Waals surface area (Å²) in [6, 6.07) is 11.6. The van der Waals surface area contributed by atoms with Crippen LogP contribution in [0.2, 0.25) is 0 Å². The second-order valence-electron chi connectivity index (χ2n) is 6.98. The number of likely N-dealkylation sites (tertiary alicyclic amines) is 1. The zero-order valence-electron chi connectivity index (χ0n) is 16.3. The highest BCUT2D eigenvalue weighted by atomic mass is 19.1. The molecule has 0 radical (unpaired) electrons. The van der Waals surface area contributed by atoms with E-state index in [9.17, 15) is 9.18 Å². The molecule has 28 heavy (non-hydrogen) atoms. The van der Waals surface area contributed by atoms with E-state index >= 15 is 0 Å². The molecule has 0 spiro atoms. The first-order chi connectivity index (χ1) is 13.6. The van der Waals surface area contributed by atoms with E-state index in [0.29, 0.717) is 36.8 Å². The number of amides is 1. The number of methoxy groups -OCH3 is 2. The largest absolute Gasteiger partial charge is 0.493 e. The van der Waals surface area contributed by atoms with Crippen molar-refractivity contribution in [2.75, 3.05) is 33.9 Å². The van der Waals surface area contributed by atoms with Gasteiger partial charge in [-0.3, -0.25) is 4.79 Å². The predicted molar refractivity (Wildman–Crippen MR) is 104 cm³/mol. The van der Waals surface area contributed by atoms with Gasteiger partial charge in [0.05, 0.1) is 27.2 Å². The summed E-state index contributed by atoms with van der Waals surface area (Å²) < 4.78 is 29.3. The average Bonchev–Trinajstić information content (AvgIpc) is 2.73. The quantitative estimate of drug-likeness (QED) is 0.727. The number of rotatable bonds is 7. The summed E-state index contributed by atoms with van der Waals surface area (Å²) in [6.07, 6.45) is 2.29. The second kappa shape index (κ2) is 9.44. The molecule has 1 saturated heterocycles. The van der Waals surface area contributed by atoms with Gasteiger partial charge in [-0.05, 0) is 54.8 Å². The van der Waals surface area contributed by atoms with E-state index in [1.54, 1.807) is 26.4 Å². The number of hydrogen-bond donors (Lipinski definition) is 0. The average molecular weight is 387 g/mol. The highest BCUT2D eigenvalue weighted by molar-refractivity contribution is 5.79. The second-order valence-corrected chi connectivity index (χ2v) is 6.98. The number of nitrogens with zero attached hydrogens (tertiary/aromatic N) is 1. The van der Waals surface area contributed by atoms with E-state index in [1.807, 2.05) is 23.1 Å². The molecule has 1 amide bonds. The van der Waals surface area contributed by atoms with Gasteiger partial charge >= 0.3 is 0 Å². The molecule has 2 aromatic carbocycles. The van der Waals surface area contributed by atoms with Crippen LogP contribution in [0.15, 0.2) is 42.5 Å². The standard InChI is InChI=1S/C22H26FNO4/c1-26-20-10-5-16(12-21(20)27-2)13-22(25)24-11-3-4-17(14-24)15-28-19-8-6-18(23)7-9-19/h5-10,12,17H,3-4,11,13-15H2,1-2H3. The van der Waals surface area contributed by atoms with Gasteiger partial charge in [0, 0.05) is 19.0 Å². The SMILES string of the molecule is COc1ccc(CC(=O)N2CCCC(COc3ccc(F)cc3)C2)cc1OC. The first kappa shape index (κ1) is 20.0. The highest BCUT2D eigenvalue weighted by Gasteiger charge is 2.24. The van der Waals surface area contributed by atoms with Crippen LogP contribution in [0, 0.1) is 11.7 Å². The van der Waals surface area contributed by atoms with Gasteiger partial charge in [-0.1, -0.05) is 6.07 Å². The number of ether oxygens (including phenoxy) is 3. The summed E-state index contributed by atoms with van der Waals surface area (Å²) in [5.41, 5.74) is 0.896. The lowest BCUT2D eigenvalue weighted by Gasteiger charge is -2.32. The lowest BCUT2D eigenvalue weighted by atomic mass is 9.98. The molecule has 6 heteroatoms. The van der Waals surface area contributed by atoms with E-state index in [-0.39, 0.29) is 17.6 Å². The van der Waals surface area contributed by atoms with Crippen molar-refractivity contribution < 1.29 is 23.4 Å². The van der Waals surface area contributed by atoms with Crippen molar-refractivity contribution in [2.45, 2.75) is 19.3 Å². The number of piperidine rings is 1. The molecule has 1 fully saturated rings. The Hall–Kier alpha value is -2.76. The number of carbonyl (C=O) groups is 1. The lowest BCUT2D eigenvalue weighted by Crippen LogP contribution is -2.42. The fraction of sp³-hybridized carbons (Fsp3) is 0.409. The Labute approximate surface area is 165 Å². The molecule has 1 aliphatic rings. The first-order valence-electron chi connectivity index (χ1n) is 9.46. The van der Waals surface area contributed by atoms with Gasteiger partial charge in [0.1, 0.15) is 11.6 Å². The van der Waals surface area contributed by atoms with Crippen LogP contribution in [-0.2, 0) is 11.2 Å². The zero-order chi connectivity index (χ0) is 19.9. The topological polar surface area (TPSA) is 48.0 Å². The summed E-state index contributed by atoms with van der Waals surface area (Å²) in [4.78, 5) is 14.7. The third-order valence-electron chi connectivity index (χ3n) is 4.97. The van der Waals surface area contributed by atoms with Crippen LogP contribution in [0.3, 0.4) is 0 Å². The lowest BCUT2D eigenvalue weighted by molar-refractivity contribution is -0.132. The third-order valence-corrected chi connectivity index (χ3v) is 4.97. The molecule has 3 rings (SSSR count). The molecule has 1 heterocycles. The van der Waals surface area contributed by atoms with Crippen LogP contribution < -0.4 is 14.2 Å². The van der Waals surface area contributed by atoms with E-state index < -0.39 is 0 Å². The Balaban J connectivity index is 1.54. The minimum Gasteiger partial charge on any atom is -0.493 e. The number of halogens is 1. The molecule has 5 nitrogen and oxygen atoms in total. The van der Waals surface area contributed by atoms with Crippen molar-refractivity contribution in [1.82, 2.24) is 4.90 Å². The van der Waals surface area contributed by atoms with E-state index in [2.05, 4.69) is 0 Å². The van der Waals surface area contributed by atoms with Crippen molar-refractivity contribution in [1.29, 1.82) is 0 Å². The summed E-state index contributed by atoms with van der Waals surface area (Å²) in [6.45, 7) is 1.96. The number of carbonyl (C=O) groups excluding carboxylic acids is 1. The molecule has 0 bridgehead atoms. The molecule has 2 aromatic rings. The molecule has 1 unspecified atom stereocenters. The summed E-state index contributed by atoms with van der Waals surface area (Å²) in [5.74, 6) is 2.01. The fourth-order valence-electron chi connectivity index (χ4n) is 3.45. The van der Waals surface area contributed by atoms with Gasteiger partial charge < -0.3 is 19.1 Å². The summed E-state index contributed by atoms with van der Waals surface area (Å²) in [5, 5.41) is 0. The van der Waals surface area contributed by atoms with Crippen molar-refractivity contribution in [3.05, 3.63) is 53.8 Å². The molecule has 0 N–H and O–H groups in total.